The van der Waals surface area contributed by atoms with Crippen LogP contribution in [0.1, 0.15) is 57.4 Å². The number of carbonyl (C=O) groups excluding carboxylic acids is 2. The van der Waals surface area contributed by atoms with Crippen molar-refractivity contribution in [3.8, 4) is 5.75 Å². The van der Waals surface area contributed by atoms with Crippen LogP contribution in [0.4, 0.5) is 0 Å². The van der Waals surface area contributed by atoms with Gasteiger partial charge in [-0.15, -0.1) is 0 Å². The van der Waals surface area contributed by atoms with Crippen molar-refractivity contribution in [2.75, 3.05) is 6.54 Å². The van der Waals surface area contributed by atoms with Crippen LogP contribution in [0.3, 0.4) is 0 Å². The van der Waals surface area contributed by atoms with Crippen molar-refractivity contribution in [1.29, 1.82) is 0 Å². The second kappa shape index (κ2) is 6.46. The first-order valence-corrected chi connectivity index (χ1v) is 8.86. The third kappa shape index (κ3) is 2.76. The number of likely N-dealkylation sites (tertiary alicyclic amines) is 1. The first kappa shape index (κ1) is 16.8. The minimum absolute atomic E-state index is 0.188. The number of ether oxygens (including phenoxy) is 1. The lowest BCUT2D eigenvalue weighted by atomic mass is 9.73. The highest BCUT2D eigenvalue weighted by atomic mass is 16.5. The van der Waals surface area contributed by atoms with Crippen LogP contribution >= 0.6 is 0 Å². The number of benzene rings is 1. The summed E-state index contributed by atoms with van der Waals surface area (Å²) in [7, 11) is 0. The van der Waals surface area contributed by atoms with Gasteiger partial charge in [-0.2, -0.15) is 0 Å². The summed E-state index contributed by atoms with van der Waals surface area (Å²) in [5.74, 6) is -0.964. The molecule has 5 heteroatoms. The maximum atomic E-state index is 13.0. The van der Waals surface area contributed by atoms with E-state index < -0.39 is 17.6 Å². The van der Waals surface area contributed by atoms with Gasteiger partial charge in [-0.05, 0) is 25.0 Å². The van der Waals surface area contributed by atoms with E-state index in [9.17, 15) is 9.59 Å². The van der Waals surface area contributed by atoms with Crippen molar-refractivity contribution in [1.82, 2.24) is 4.90 Å². The normalized spacial score (nSPS) is 28.2. The Balaban J connectivity index is 1.93. The minimum Gasteiger partial charge on any atom is -0.468 e. The number of nitrogens with two attached hydrogens (primary N) is 1. The van der Waals surface area contributed by atoms with E-state index >= 15 is 0 Å². The number of hydrogen-bond acceptors (Lipinski definition) is 3. The molecule has 1 saturated heterocycles. The quantitative estimate of drug-likeness (QED) is 0.644. The largest absolute Gasteiger partial charge is 0.468 e. The fraction of sp³-hybridized carbons (Fsp3) is 0.579. The lowest BCUT2D eigenvalue weighted by molar-refractivity contribution is -0.175. The van der Waals surface area contributed by atoms with E-state index in [0.29, 0.717) is 13.0 Å². The van der Waals surface area contributed by atoms with Crippen LogP contribution < -0.4 is 10.5 Å². The summed E-state index contributed by atoms with van der Waals surface area (Å²) in [5.41, 5.74) is 5.82. The molecule has 0 spiro atoms. The third-order valence-corrected chi connectivity index (χ3v) is 5.29. The standard InChI is InChI=1S/C19H26N2O3/c1-3-4-5-8-11-21-18(23)16(17(20)22)14-12-19(21,2)24-15-10-7-6-9-13(14)15/h6-7,9-10,14,16H,3-5,8,11-12H2,1-2H3,(H2,20,22). The van der Waals surface area contributed by atoms with Gasteiger partial charge in [-0.25, -0.2) is 0 Å². The number of unbranched alkanes of at least 4 members (excludes halogenated alkanes) is 3. The van der Waals surface area contributed by atoms with Crippen molar-refractivity contribution in [2.45, 2.75) is 57.6 Å². The molecule has 0 aromatic heterocycles. The summed E-state index contributed by atoms with van der Waals surface area (Å²) in [6.45, 7) is 4.71. The van der Waals surface area contributed by atoms with Gasteiger partial charge in [-0.3, -0.25) is 9.59 Å². The molecule has 3 rings (SSSR count). The Morgan fingerprint density at radius 2 is 2.08 bits per heavy atom. The smallest absolute Gasteiger partial charge is 0.238 e. The SMILES string of the molecule is CCCCCCN1C(=O)C(C(N)=O)C2CC1(C)Oc1ccccc12. The molecule has 24 heavy (non-hydrogen) atoms. The molecule has 2 amide bonds. The molecule has 3 atom stereocenters. The number of hydrogen-bond donors (Lipinski definition) is 1. The maximum Gasteiger partial charge on any atom is 0.238 e. The van der Waals surface area contributed by atoms with E-state index in [1.807, 2.05) is 31.2 Å². The van der Waals surface area contributed by atoms with Gasteiger partial charge >= 0.3 is 0 Å². The molecule has 2 bridgehead atoms. The maximum absolute atomic E-state index is 13.0. The number of carbonyl (C=O) groups is 2. The summed E-state index contributed by atoms with van der Waals surface area (Å²) < 4.78 is 6.21. The average molecular weight is 330 g/mol. The number of para-hydroxylation sites is 1. The van der Waals surface area contributed by atoms with Crippen LogP contribution in [-0.2, 0) is 9.59 Å². The van der Waals surface area contributed by atoms with Gasteiger partial charge in [0.2, 0.25) is 11.8 Å². The highest BCUT2D eigenvalue weighted by Gasteiger charge is 2.55. The number of piperidine rings is 1. The van der Waals surface area contributed by atoms with Crippen LogP contribution in [0.5, 0.6) is 5.75 Å². The van der Waals surface area contributed by atoms with E-state index in [-0.39, 0.29) is 11.8 Å². The van der Waals surface area contributed by atoms with E-state index in [2.05, 4.69) is 6.92 Å². The minimum atomic E-state index is -0.797. The average Bonchev–Trinajstić information content (AvgIpc) is 2.53. The molecule has 1 aromatic rings. The molecule has 2 aliphatic heterocycles. The molecular weight excluding hydrogens is 304 g/mol. The molecule has 0 radical (unpaired) electrons. The topological polar surface area (TPSA) is 72.6 Å². The van der Waals surface area contributed by atoms with Gasteiger partial charge in [0.1, 0.15) is 11.7 Å². The number of primary amides is 1. The summed E-state index contributed by atoms with van der Waals surface area (Å²) in [6, 6.07) is 7.66. The van der Waals surface area contributed by atoms with E-state index in [0.717, 1.165) is 37.0 Å². The van der Waals surface area contributed by atoms with Gasteiger partial charge in [-0.1, -0.05) is 44.4 Å². The Hall–Kier alpha value is -2.04. The van der Waals surface area contributed by atoms with Crippen molar-refractivity contribution < 1.29 is 14.3 Å². The van der Waals surface area contributed by atoms with Gasteiger partial charge in [0.15, 0.2) is 5.72 Å². The molecule has 0 saturated carbocycles. The summed E-state index contributed by atoms with van der Waals surface area (Å²) in [5, 5.41) is 0. The van der Waals surface area contributed by atoms with E-state index in [1.165, 1.54) is 0 Å². The highest BCUT2D eigenvalue weighted by molar-refractivity contribution is 6.01. The number of rotatable bonds is 6. The molecule has 1 fully saturated rings. The first-order chi connectivity index (χ1) is 11.5. The predicted octanol–water partition coefficient (Wildman–Crippen LogP) is 2.79. The van der Waals surface area contributed by atoms with Gasteiger partial charge in [0.05, 0.1) is 0 Å². The molecule has 130 valence electrons. The second-order valence-corrected chi connectivity index (χ2v) is 7.06. The molecule has 5 nitrogen and oxygen atoms in total. The summed E-state index contributed by atoms with van der Waals surface area (Å²) in [6.07, 6.45) is 4.87. The third-order valence-electron chi connectivity index (χ3n) is 5.29. The number of nitrogens with zero attached hydrogens (tertiary/aromatic N) is 1. The Kier molecular flexibility index (Phi) is 4.52. The number of fused-ring (bicyclic) bond motifs is 4. The van der Waals surface area contributed by atoms with Crippen molar-refractivity contribution >= 4 is 11.8 Å². The lowest BCUT2D eigenvalue weighted by Crippen LogP contribution is -2.64. The zero-order valence-corrected chi connectivity index (χ0v) is 14.5. The van der Waals surface area contributed by atoms with Gasteiger partial charge < -0.3 is 15.4 Å². The number of amides is 2. The van der Waals surface area contributed by atoms with Crippen LogP contribution in [-0.4, -0.2) is 29.0 Å². The zero-order chi connectivity index (χ0) is 17.3. The van der Waals surface area contributed by atoms with Crippen molar-refractivity contribution in [2.24, 2.45) is 11.7 Å². The molecular formula is C19H26N2O3. The molecule has 3 unspecified atom stereocenters. The summed E-state index contributed by atoms with van der Waals surface area (Å²) >= 11 is 0. The molecule has 2 N–H and O–H groups in total. The second-order valence-electron chi connectivity index (χ2n) is 7.06. The van der Waals surface area contributed by atoms with Crippen LogP contribution in [0, 0.1) is 5.92 Å². The summed E-state index contributed by atoms with van der Waals surface area (Å²) in [4.78, 5) is 26.8. The van der Waals surface area contributed by atoms with Crippen LogP contribution in [0.25, 0.3) is 0 Å². The van der Waals surface area contributed by atoms with Gasteiger partial charge in [0, 0.05) is 18.9 Å². The van der Waals surface area contributed by atoms with Crippen LogP contribution in [0.2, 0.25) is 0 Å². The molecule has 2 aliphatic rings. The molecule has 1 aromatic carbocycles. The molecule has 0 aliphatic carbocycles. The zero-order valence-electron chi connectivity index (χ0n) is 14.5. The monoisotopic (exact) mass is 330 g/mol. The Morgan fingerprint density at radius 1 is 1.33 bits per heavy atom. The van der Waals surface area contributed by atoms with Crippen molar-refractivity contribution in [3.05, 3.63) is 29.8 Å². The van der Waals surface area contributed by atoms with Crippen LogP contribution in [0.15, 0.2) is 24.3 Å². The lowest BCUT2D eigenvalue weighted by Gasteiger charge is -2.52. The van der Waals surface area contributed by atoms with Crippen molar-refractivity contribution in [3.63, 3.8) is 0 Å². The highest BCUT2D eigenvalue weighted by Crippen LogP contribution is 2.49. The van der Waals surface area contributed by atoms with E-state index in [4.69, 9.17) is 10.5 Å². The van der Waals surface area contributed by atoms with E-state index in [1.54, 1.807) is 4.90 Å². The molecule has 2 heterocycles. The van der Waals surface area contributed by atoms with Gasteiger partial charge in [0.25, 0.3) is 0 Å². The predicted molar refractivity (Wildman–Crippen MR) is 91.4 cm³/mol. The Morgan fingerprint density at radius 3 is 2.79 bits per heavy atom. The Labute approximate surface area is 143 Å². The first-order valence-electron chi connectivity index (χ1n) is 8.86. The fourth-order valence-corrected chi connectivity index (χ4v) is 4.08. The fourth-order valence-electron chi connectivity index (χ4n) is 4.08. The Bertz CT molecular complexity index is 645.